The summed E-state index contributed by atoms with van der Waals surface area (Å²) in [5, 5.41) is 17.4. The number of aryl methyl sites for hydroxylation is 2. The molecule has 0 aliphatic heterocycles. The summed E-state index contributed by atoms with van der Waals surface area (Å²) < 4.78 is 7.07. The minimum absolute atomic E-state index is 0.275. The maximum atomic E-state index is 11.5. The minimum Gasteiger partial charge on any atom is -0.478 e. The molecule has 0 aliphatic rings. The lowest BCUT2D eigenvalue weighted by molar-refractivity contribution is 0.0526. The molecule has 148 valence electrons. The molecule has 0 saturated carbocycles. The third-order valence-corrected chi connectivity index (χ3v) is 4.15. The van der Waals surface area contributed by atoms with Gasteiger partial charge in [-0.05, 0) is 52.7 Å². The van der Waals surface area contributed by atoms with E-state index in [-0.39, 0.29) is 11.7 Å². The minimum atomic E-state index is -0.931. The van der Waals surface area contributed by atoms with Crippen LogP contribution < -0.4 is 5.32 Å². The number of ether oxygens (including phenoxy) is 1. The van der Waals surface area contributed by atoms with Crippen LogP contribution in [0.4, 0.5) is 4.79 Å². The summed E-state index contributed by atoms with van der Waals surface area (Å²) in [5.74, 6) is -0.931. The second-order valence-corrected chi connectivity index (χ2v) is 7.69. The van der Waals surface area contributed by atoms with E-state index in [4.69, 9.17) is 4.74 Å². The van der Waals surface area contributed by atoms with E-state index in [1.54, 1.807) is 12.1 Å². The molecule has 1 aromatic carbocycles. The Morgan fingerprint density at radius 1 is 1.19 bits per heavy atom. The predicted octanol–water partition coefficient (Wildman–Crippen LogP) is 4.13. The average Bonchev–Trinajstić information content (AvgIpc) is 2.88. The Kier molecular flexibility index (Phi) is 6.82. The molecule has 7 nitrogen and oxygen atoms in total. The Morgan fingerprint density at radius 3 is 2.56 bits per heavy atom. The number of aromatic nitrogens is 2. The number of carboxylic acids is 1. The van der Waals surface area contributed by atoms with Crippen LogP contribution in [0.2, 0.25) is 0 Å². The normalized spacial score (nSPS) is 11.6. The van der Waals surface area contributed by atoms with Crippen LogP contribution in [0.15, 0.2) is 18.2 Å². The molecule has 1 aromatic heterocycles. The summed E-state index contributed by atoms with van der Waals surface area (Å²) in [7, 11) is 0. The molecule has 2 aromatic rings. The molecule has 0 aliphatic carbocycles. The summed E-state index contributed by atoms with van der Waals surface area (Å²) in [5.41, 5.74) is 1.56. The Labute approximate surface area is 159 Å². The maximum absolute atomic E-state index is 11.5. The van der Waals surface area contributed by atoms with Gasteiger partial charge < -0.3 is 15.2 Å². The molecule has 0 radical (unpaired) electrons. The second-order valence-electron chi connectivity index (χ2n) is 7.69. The zero-order chi connectivity index (χ0) is 20.0. The SMILES string of the molecule is Cc1nn(CCCCCCNC(=O)OC(C)(C)C)c2cc(C(=O)O)ccc12. The first kappa shape index (κ1) is 20.7. The molecule has 27 heavy (non-hydrogen) atoms. The van der Waals surface area contributed by atoms with Gasteiger partial charge in [-0.25, -0.2) is 9.59 Å². The number of amides is 1. The van der Waals surface area contributed by atoms with Crippen LogP contribution in [-0.4, -0.2) is 39.1 Å². The van der Waals surface area contributed by atoms with E-state index >= 15 is 0 Å². The lowest BCUT2D eigenvalue weighted by Crippen LogP contribution is -2.32. The number of unbranched alkanes of at least 4 members (excludes halogenated alkanes) is 3. The van der Waals surface area contributed by atoms with Gasteiger partial charge in [0.05, 0.1) is 16.8 Å². The lowest BCUT2D eigenvalue weighted by atomic mass is 10.1. The monoisotopic (exact) mass is 375 g/mol. The number of carbonyl (C=O) groups is 2. The molecule has 0 atom stereocenters. The van der Waals surface area contributed by atoms with Crippen LogP contribution in [0.3, 0.4) is 0 Å². The molecular formula is C20H29N3O4. The topological polar surface area (TPSA) is 93.5 Å². The quantitative estimate of drug-likeness (QED) is 0.677. The van der Waals surface area contributed by atoms with Crippen LogP contribution in [0, 0.1) is 6.92 Å². The molecular weight excluding hydrogens is 346 g/mol. The van der Waals surface area contributed by atoms with Crippen LogP contribution in [-0.2, 0) is 11.3 Å². The fraction of sp³-hybridized carbons (Fsp3) is 0.550. The number of nitrogens with one attached hydrogen (secondary N) is 1. The van der Waals surface area contributed by atoms with Gasteiger partial charge in [-0.2, -0.15) is 5.10 Å². The molecule has 1 amide bonds. The van der Waals surface area contributed by atoms with Gasteiger partial charge in [-0.15, -0.1) is 0 Å². The Morgan fingerprint density at radius 2 is 1.89 bits per heavy atom. The number of alkyl carbamates (subject to hydrolysis) is 1. The van der Waals surface area contributed by atoms with Crippen molar-refractivity contribution in [2.45, 2.75) is 65.5 Å². The molecule has 0 fully saturated rings. The first-order valence-electron chi connectivity index (χ1n) is 9.35. The number of carboxylic acid groups (broad SMARTS) is 1. The molecule has 0 bridgehead atoms. The first-order chi connectivity index (χ1) is 12.7. The highest BCUT2D eigenvalue weighted by Crippen LogP contribution is 2.20. The molecule has 0 spiro atoms. The average molecular weight is 375 g/mol. The van der Waals surface area contributed by atoms with Crippen molar-refractivity contribution in [1.29, 1.82) is 0 Å². The number of hydrogen-bond donors (Lipinski definition) is 2. The summed E-state index contributed by atoms with van der Waals surface area (Å²) in [4.78, 5) is 22.7. The number of nitrogens with zero attached hydrogens (tertiary/aromatic N) is 2. The van der Waals surface area contributed by atoms with Crippen molar-refractivity contribution in [1.82, 2.24) is 15.1 Å². The van der Waals surface area contributed by atoms with E-state index in [1.807, 2.05) is 38.4 Å². The van der Waals surface area contributed by atoms with E-state index in [1.165, 1.54) is 0 Å². The number of fused-ring (bicyclic) bond motifs is 1. The fourth-order valence-electron chi connectivity index (χ4n) is 2.89. The van der Waals surface area contributed by atoms with Gasteiger partial charge in [0.15, 0.2) is 0 Å². The summed E-state index contributed by atoms with van der Waals surface area (Å²) in [6, 6.07) is 5.11. The largest absolute Gasteiger partial charge is 0.478 e. The number of aromatic carboxylic acids is 1. The second kappa shape index (κ2) is 8.88. The molecule has 2 N–H and O–H groups in total. The fourth-order valence-corrected chi connectivity index (χ4v) is 2.89. The van der Waals surface area contributed by atoms with Crippen molar-refractivity contribution in [2.75, 3.05) is 6.54 Å². The van der Waals surface area contributed by atoms with E-state index in [0.29, 0.717) is 6.54 Å². The zero-order valence-corrected chi connectivity index (χ0v) is 16.5. The molecule has 1 heterocycles. The highest BCUT2D eigenvalue weighted by molar-refractivity contribution is 5.93. The van der Waals surface area contributed by atoms with Crippen LogP contribution in [0.25, 0.3) is 10.9 Å². The van der Waals surface area contributed by atoms with Gasteiger partial charge in [-0.1, -0.05) is 18.9 Å². The Balaban J connectivity index is 1.75. The first-order valence-corrected chi connectivity index (χ1v) is 9.35. The van der Waals surface area contributed by atoms with Crippen molar-refractivity contribution in [3.8, 4) is 0 Å². The van der Waals surface area contributed by atoms with Gasteiger partial charge >= 0.3 is 12.1 Å². The van der Waals surface area contributed by atoms with Gasteiger partial charge in [0.25, 0.3) is 0 Å². The molecule has 0 unspecified atom stereocenters. The Bertz CT molecular complexity index is 805. The number of carbonyl (C=O) groups excluding carboxylic acids is 1. The predicted molar refractivity (Wildman–Crippen MR) is 104 cm³/mol. The third kappa shape index (κ3) is 6.27. The van der Waals surface area contributed by atoms with Crippen LogP contribution in [0.1, 0.15) is 62.5 Å². The van der Waals surface area contributed by atoms with E-state index in [2.05, 4.69) is 10.4 Å². The smallest absolute Gasteiger partial charge is 0.407 e. The summed E-state index contributed by atoms with van der Waals surface area (Å²) in [6.45, 7) is 8.79. The summed E-state index contributed by atoms with van der Waals surface area (Å²) in [6.07, 6.45) is 3.46. The lowest BCUT2D eigenvalue weighted by Gasteiger charge is -2.19. The highest BCUT2D eigenvalue weighted by atomic mass is 16.6. The highest BCUT2D eigenvalue weighted by Gasteiger charge is 2.15. The van der Waals surface area contributed by atoms with E-state index < -0.39 is 11.6 Å². The van der Waals surface area contributed by atoms with Crippen molar-refractivity contribution in [3.63, 3.8) is 0 Å². The van der Waals surface area contributed by atoms with E-state index in [9.17, 15) is 14.7 Å². The standard InChI is InChI=1S/C20H29N3O4/c1-14-16-10-9-15(18(24)25)13-17(16)23(22-14)12-8-6-5-7-11-21-19(26)27-20(2,3)4/h9-10,13H,5-8,11-12H2,1-4H3,(H,21,26)(H,24,25). The van der Waals surface area contributed by atoms with Gasteiger partial charge in [0, 0.05) is 18.5 Å². The molecule has 2 rings (SSSR count). The van der Waals surface area contributed by atoms with Gasteiger partial charge in [-0.3, -0.25) is 4.68 Å². The Hall–Kier alpha value is -2.57. The van der Waals surface area contributed by atoms with E-state index in [0.717, 1.165) is 48.8 Å². The van der Waals surface area contributed by atoms with Crippen molar-refractivity contribution in [3.05, 3.63) is 29.5 Å². The number of hydrogen-bond acceptors (Lipinski definition) is 4. The third-order valence-electron chi connectivity index (χ3n) is 4.15. The van der Waals surface area contributed by atoms with Gasteiger partial charge in [0.2, 0.25) is 0 Å². The summed E-state index contributed by atoms with van der Waals surface area (Å²) >= 11 is 0. The molecule has 7 heteroatoms. The molecule has 0 saturated heterocycles. The van der Waals surface area contributed by atoms with Crippen molar-refractivity contribution in [2.24, 2.45) is 0 Å². The zero-order valence-electron chi connectivity index (χ0n) is 16.5. The van der Waals surface area contributed by atoms with Crippen LogP contribution >= 0.6 is 0 Å². The van der Waals surface area contributed by atoms with Crippen molar-refractivity contribution < 1.29 is 19.4 Å². The number of benzene rings is 1. The van der Waals surface area contributed by atoms with Crippen LogP contribution in [0.5, 0.6) is 0 Å². The van der Waals surface area contributed by atoms with Gasteiger partial charge in [0.1, 0.15) is 5.60 Å². The van der Waals surface area contributed by atoms with Crippen molar-refractivity contribution >= 4 is 23.0 Å². The maximum Gasteiger partial charge on any atom is 0.407 e. The number of rotatable bonds is 8.